The highest BCUT2D eigenvalue weighted by Gasteiger charge is 2.05. The maximum absolute atomic E-state index is 5.88. The summed E-state index contributed by atoms with van der Waals surface area (Å²) in [5.41, 5.74) is 2.61. The van der Waals surface area contributed by atoms with Crippen molar-refractivity contribution in [2.45, 2.75) is 59.6 Å². The molecule has 1 unspecified atom stereocenters. The van der Waals surface area contributed by atoms with Gasteiger partial charge in [-0.25, -0.2) is 0 Å². The zero-order valence-electron chi connectivity index (χ0n) is 13.5. The molecule has 0 aliphatic heterocycles. The smallest absolute Gasteiger partial charge is 0.0717 e. The first-order valence-corrected chi connectivity index (χ1v) is 8.16. The van der Waals surface area contributed by atoms with Gasteiger partial charge in [0.15, 0.2) is 0 Å². The molecule has 0 amide bonds. The summed E-state index contributed by atoms with van der Waals surface area (Å²) in [6, 6.07) is 8.74. The molecule has 1 aromatic carbocycles. The fourth-order valence-corrected chi connectivity index (χ4v) is 2.26. The van der Waals surface area contributed by atoms with Gasteiger partial charge in [0.05, 0.1) is 6.61 Å². The molecular formula is C18H31NO. The lowest BCUT2D eigenvalue weighted by atomic mass is 10.0. The maximum atomic E-state index is 5.88. The van der Waals surface area contributed by atoms with Crippen LogP contribution in [0.15, 0.2) is 24.3 Å². The van der Waals surface area contributed by atoms with E-state index >= 15 is 0 Å². The van der Waals surface area contributed by atoms with Crippen LogP contribution in [0.1, 0.15) is 57.6 Å². The highest BCUT2D eigenvalue weighted by Crippen LogP contribution is 2.14. The summed E-state index contributed by atoms with van der Waals surface area (Å²) in [6.07, 6.45) is 5.13. The molecular weight excluding hydrogens is 246 g/mol. The fraction of sp³-hybridized carbons (Fsp3) is 0.667. The van der Waals surface area contributed by atoms with Crippen molar-refractivity contribution in [3.05, 3.63) is 35.4 Å². The van der Waals surface area contributed by atoms with Crippen LogP contribution in [0.2, 0.25) is 0 Å². The number of rotatable bonds is 11. The molecule has 2 heteroatoms. The number of benzene rings is 1. The predicted molar refractivity (Wildman–Crippen MR) is 86.8 cm³/mol. The molecule has 0 spiro atoms. The summed E-state index contributed by atoms with van der Waals surface area (Å²) < 4.78 is 5.88. The first kappa shape index (κ1) is 17.2. The van der Waals surface area contributed by atoms with Crippen molar-refractivity contribution >= 4 is 0 Å². The SMILES string of the molecule is CCCCC(CC)COCc1ccc(CNCC)cc1. The van der Waals surface area contributed by atoms with E-state index < -0.39 is 0 Å². The summed E-state index contributed by atoms with van der Waals surface area (Å²) in [6.45, 7) is 10.2. The second kappa shape index (κ2) is 10.9. The lowest BCUT2D eigenvalue weighted by Gasteiger charge is -2.14. The maximum Gasteiger partial charge on any atom is 0.0717 e. The minimum Gasteiger partial charge on any atom is -0.376 e. The molecule has 0 saturated heterocycles. The van der Waals surface area contributed by atoms with Crippen LogP contribution >= 0.6 is 0 Å². The van der Waals surface area contributed by atoms with Crippen molar-refractivity contribution < 1.29 is 4.74 Å². The van der Waals surface area contributed by atoms with E-state index in [1.807, 2.05) is 0 Å². The van der Waals surface area contributed by atoms with E-state index in [0.717, 1.165) is 32.2 Å². The summed E-state index contributed by atoms with van der Waals surface area (Å²) in [5.74, 6) is 0.725. The van der Waals surface area contributed by atoms with E-state index in [0.29, 0.717) is 0 Å². The Morgan fingerprint density at radius 2 is 1.75 bits per heavy atom. The Kier molecular flexibility index (Phi) is 9.35. The van der Waals surface area contributed by atoms with E-state index in [1.165, 1.54) is 36.8 Å². The van der Waals surface area contributed by atoms with Crippen LogP contribution in [0.3, 0.4) is 0 Å². The molecule has 0 aromatic heterocycles. The van der Waals surface area contributed by atoms with Crippen LogP contribution < -0.4 is 5.32 Å². The first-order chi connectivity index (χ1) is 9.80. The van der Waals surface area contributed by atoms with Crippen LogP contribution in [0.4, 0.5) is 0 Å². The highest BCUT2D eigenvalue weighted by molar-refractivity contribution is 5.21. The van der Waals surface area contributed by atoms with Crippen LogP contribution in [0.5, 0.6) is 0 Å². The van der Waals surface area contributed by atoms with Crippen LogP contribution in [0.25, 0.3) is 0 Å². The third-order valence-corrected chi connectivity index (χ3v) is 3.77. The molecule has 0 radical (unpaired) electrons. The normalized spacial score (nSPS) is 12.6. The van der Waals surface area contributed by atoms with E-state index in [-0.39, 0.29) is 0 Å². The number of ether oxygens (including phenoxy) is 1. The molecule has 0 fully saturated rings. The fourth-order valence-electron chi connectivity index (χ4n) is 2.26. The van der Waals surface area contributed by atoms with Gasteiger partial charge in [0.1, 0.15) is 0 Å². The summed E-state index contributed by atoms with van der Waals surface area (Å²) in [4.78, 5) is 0. The van der Waals surface area contributed by atoms with E-state index in [1.54, 1.807) is 0 Å². The van der Waals surface area contributed by atoms with Crippen LogP contribution in [0, 0.1) is 5.92 Å². The van der Waals surface area contributed by atoms with E-state index in [2.05, 4.69) is 50.4 Å². The van der Waals surface area contributed by atoms with Gasteiger partial charge in [-0.3, -0.25) is 0 Å². The minimum absolute atomic E-state index is 0.725. The summed E-state index contributed by atoms with van der Waals surface area (Å²) in [5, 5.41) is 3.34. The van der Waals surface area contributed by atoms with Gasteiger partial charge >= 0.3 is 0 Å². The highest BCUT2D eigenvalue weighted by atomic mass is 16.5. The molecule has 0 saturated carbocycles. The van der Waals surface area contributed by atoms with Gasteiger partial charge in [0.2, 0.25) is 0 Å². The second-order valence-corrected chi connectivity index (χ2v) is 5.53. The first-order valence-electron chi connectivity index (χ1n) is 8.16. The molecule has 1 rings (SSSR count). The van der Waals surface area contributed by atoms with Crippen molar-refractivity contribution in [1.82, 2.24) is 5.32 Å². The van der Waals surface area contributed by atoms with Gasteiger partial charge < -0.3 is 10.1 Å². The Balaban J connectivity index is 2.27. The molecule has 2 nitrogen and oxygen atoms in total. The molecule has 0 aliphatic rings. The quantitative estimate of drug-likeness (QED) is 0.641. The molecule has 20 heavy (non-hydrogen) atoms. The standard InChI is InChI=1S/C18H31NO/c1-4-7-8-16(5-2)14-20-15-18-11-9-17(10-12-18)13-19-6-3/h9-12,16,19H,4-8,13-15H2,1-3H3. The minimum atomic E-state index is 0.725. The topological polar surface area (TPSA) is 21.3 Å². The van der Waals surface area contributed by atoms with Gasteiger partial charge in [0.25, 0.3) is 0 Å². The molecule has 0 aliphatic carbocycles. The third-order valence-electron chi connectivity index (χ3n) is 3.77. The average molecular weight is 277 g/mol. The van der Waals surface area contributed by atoms with Crippen LogP contribution in [-0.2, 0) is 17.9 Å². The lowest BCUT2D eigenvalue weighted by molar-refractivity contribution is 0.0820. The molecule has 1 atom stereocenters. The largest absolute Gasteiger partial charge is 0.376 e. The summed E-state index contributed by atoms with van der Waals surface area (Å²) >= 11 is 0. The molecule has 0 heterocycles. The summed E-state index contributed by atoms with van der Waals surface area (Å²) in [7, 11) is 0. The van der Waals surface area contributed by atoms with Crippen molar-refractivity contribution in [2.24, 2.45) is 5.92 Å². The predicted octanol–water partition coefficient (Wildman–Crippen LogP) is 4.53. The molecule has 1 N–H and O–H groups in total. The second-order valence-electron chi connectivity index (χ2n) is 5.53. The monoisotopic (exact) mass is 277 g/mol. The van der Waals surface area contributed by atoms with E-state index in [9.17, 15) is 0 Å². The Morgan fingerprint density at radius 3 is 2.35 bits per heavy atom. The van der Waals surface area contributed by atoms with Gasteiger partial charge in [-0.2, -0.15) is 0 Å². The molecule has 0 bridgehead atoms. The van der Waals surface area contributed by atoms with Crippen LogP contribution in [-0.4, -0.2) is 13.2 Å². The Morgan fingerprint density at radius 1 is 1.05 bits per heavy atom. The van der Waals surface area contributed by atoms with Gasteiger partial charge in [-0.15, -0.1) is 0 Å². The van der Waals surface area contributed by atoms with Crippen molar-refractivity contribution in [2.75, 3.05) is 13.2 Å². The van der Waals surface area contributed by atoms with Gasteiger partial charge in [-0.1, -0.05) is 64.3 Å². The average Bonchev–Trinajstić information content (AvgIpc) is 2.49. The van der Waals surface area contributed by atoms with Crippen molar-refractivity contribution in [3.8, 4) is 0 Å². The third kappa shape index (κ3) is 7.06. The van der Waals surface area contributed by atoms with Crippen molar-refractivity contribution in [1.29, 1.82) is 0 Å². The van der Waals surface area contributed by atoms with Gasteiger partial charge in [-0.05, 0) is 30.0 Å². The number of nitrogens with one attached hydrogen (secondary N) is 1. The number of hydrogen-bond donors (Lipinski definition) is 1. The Hall–Kier alpha value is -0.860. The van der Waals surface area contributed by atoms with Crippen molar-refractivity contribution in [3.63, 3.8) is 0 Å². The molecule has 114 valence electrons. The molecule has 1 aromatic rings. The van der Waals surface area contributed by atoms with Gasteiger partial charge in [0, 0.05) is 13.2 Å². The number of hydrogen-bond acceptors (Lipinski definition) is 2. The Bertz CT molecular complexity index is 334. The Labute approximate surface area is 124 Å². The lowest BCUT2D eigenvalue weighted by Crippen LogP contribution is -2.11. The van der Waals surface area contributed by atoms with E-state index in [4.69, 9.17) is 4.74 Å². The zero-order chi connectivity index (χ0) is 14.6. The zero-order valence-corrected chi connectivity index (χ0v) is 13.5. The number of unbranched alkanes of at least 4 members (excludes halogenated alkanes) is 1.